The average Bonchev–Trinajstić information content (AvgIpc) is 2.80. The molecule has 0 aromatic heterocycles. The van der Waals surface area contributed by atoms with Crippen LogP contribution in [0.5, 0.6) is 0 Å². The van der Waals surface area contributed by atoms with Gasteiger partial charge in [0.15, 0.2) is 5.78 Å². The largest absolute Gasteiger partial charge is 0.397 e. The number of nitrogens with two attached hydrogens (primary N) is 1. The lowest BCUT2D eigenvalue weighted by atomic mass is 9.96. The van der Waals surface area contributed by atoms with Crippen LogP contribution < -0.4 is 16.4 Å². The SMILES string of the molecule is Cc1ccc(/C(N)=C/NCC(=O)N=O)cc1C(=O)c1ccc(Nc2ccc(F)cc2F)cc1Cl. The Morgan fingerprint density at radius 2 is 1.82 bits per heavy atom. The quantitative estimate of drug-likeness (QED) is 0.305. The molecule has 3 aromatic rings. The lowest BCUT2D eigenvalue weighted by Crippen LogP contribution is -2.17. The van der Waals surface area contributed by atoms with Crippen LogP contribution in [-0.2, 0) is 4.79 Å². The molecule has 0 bridgehead atoms. The molecule has 4 N–H and O–H groups in total. The lowest BCUT2D eigenvalue weighted by molar-refractivity contribution is -0.116. The van der Waals surface area contributed by atoms with Crippen LogP contribution in [0.1, 0.15) is 27.0 Å². The molecule has 0 saturated carbocycles. The van der Waals surface area contributed by atoms with Gasteiger partial charge in [-0.05, 0) is 54.4 Å². The molecule has 0 fully saturated rings. The number of carbonyl (C=O) groups is 2. The zero-order valence-corrected chi connectivity index (χ0v) is 18.6. The molecule has 0 aliphatic rings. The van der Waals surface area contributed by atoms with Crippen molar-refractivity contribution in [3.05, 3.63) is 105 Å². The van der Waals surface area contributed by atoms with E-state index in [9.17, 15) is 23.3 Å². The van der Waals surface area contributed by atoms with E-state index in [1.807, 2.05) is 0 Å². The number of carbonyl (C=O) groups excluding carboxylic acids is 2. The molecule has 7 nitrogen and oxygen atoms in total. The Morgan fingerprint density at radius 1 is 1.06 bits per heavy atom. The van der Waals surface area contributed by atoms with Crippen molar-refractivity contribution in [1.82, 2.24) is 5.32 Å². The van der Waals surface area contributed by atoms with Gasteiger partial charge in [-0.15, -0.1) is 4.91 Å². The molecular weight excluding hydrogens is 466 g/mol. The Hall–Kier alpha value is -4.11. The van der Waals surface area contributed by atoms with E-state index in [-0.39, 0.29) is 34.3 Å². The second kappa shape index (κ2) is 10.7. The summed E-state index contributed by atoms with van der Waals surface area (Å²) in [6.45, 7) is 1.45. The molecule has 0 spiro atoms. The van der Waals surface area contributed by atoms with Crippen LogP contribution >= 0.6 is 11.6 Å². The fraction of sp³-hybridized carbons (Fsp3) is 0.0833. The zero-order chi connectivity index (χ0) is 24.8. The van der Waals surface area contributed by atoms with E-state index in [0.717, 1.165) is 12.1 Å². The number of aryl methyl sites for hydroxylation is 1. The first-order valence-electron chi connectivity index (χ1n) is 9.92. The highest BCUT2D eigenvalue weighted by Gasteiger charge is 2.17. The van der Waals surface area contributed by atoms with Crippen molar-refractivity contribution in [2.24, 2.45) is 10.9 Å². The number of hydrogen-bond donors (Lipinski definition) is 3. The summed E-state index contributed by atoms with van der Waals surface area (Å²) in [6.07, 6.45) is 1.34. The number of halogens is 3. The number of rotatable bonds is 8. The number of anilines is 2. The minimum Gasteiger partial charge on any atom is -0.397 e. The maximum atomic E-state index is 13.9. The van der Waals surface area contributed by atoms with Crippen LogP contribution in [-0.4, -0.2) is 18.2 Å². The number of nitroso groups, excluding NO2 is 1. The minimum atomic E-state index is -0.876. The van der Waals surface area contributed by atoms with Gasteiger partial charge in [0.2, 0.25) is 0 Å². The van der Waals surface area contributed by atoms with Crippen LogP contribution in [0.4, 0.5) is 20.2 Å². The smallest absolute Gasteiger partial charge is 0.305 e. The van der Waals surface area contributed by atoms with E-state index in [4.69, 9.17) is 17.3 Å². The van der Waals surface area contributed by atoms with Crippen molar-refractivity contribution in [1.29, 1.82) is 0 Å². The van der Waals surface area contributed by atoms with E-state index in [0.29, 0.717) is 22.4 Å². The summed E-state index contributed by atoms with van der Waals surface area (Å²) in [7, 11) is 0. The van der Waals surface area contributed by atoms with Crippen LogP contribution in [0.2, 0.25) is 5.02 Å². The highest BCUT2D eigenvalue weighted by Crippen LogP contribution is 2.28. The van der Waals surface area contributed by atoms with Crippen LogP contribution in [0.3, 0.4) is 0 Å². The van der Waals surface area contributed by atoms with Crippen molar-refractivity contribution in [3.8, 4) is 0 Å². The van der Waals surface area contributed by atoms with Gasteiger partial charge in [-0.1, -0.05) is 23.7 Å². The van der Waals surface area contributed by atoms with E-state index in [1.54, 1.807) is 31.2 Å². The summed E-state index contributed by atoms with van der Waals surface area (Å²) in [5.41, 5.74) is 8.47. The predicted octanol–water partition coefficient (Wildman–Crippen LogP) is 5.04. The molecule has 0 unspecified atom stereocenters. The summed E-state index contributed by atoms with van der Waals surface area (Å²) in [6, 6.07) is 12.6. The van der Waals surface area contributed by atoms with Gasteiger partial charge < -0.3 is 16.4 Å². The molecule has 174 valence electrons. The summed E-state index contributed by atoms with van der Waals surface area (Å²) in [5.74, 6) is -2.70. The molecule has 0 atom stereocenters. The Bertz CT molecular complexity index is 1310. The van der Waals surface area contributed by atoms with Crippen molar-refractivity contribution in [2.45, 2.75) is 6.92 Å². The summed E-state index contributed by atoms with van der Waals surface area (Å²) >= 11 is 6.34. The normalized spacial score (nSPS) is 11.1. The third-order valence-electron chi connectivity index (χ3n) is 4.85. The molecule has 10 heteroatoms. The third-order valence-corrected chi connectivity index (χ3v) is 5.16. The third kappa shape index (κ3) is 5.81. The van der Waals surface area contributed by atoms with Crippen molar-refractivity contribution >= 4 is 40.4 Å². The van der Waals surface area contributed by atoms with Crippen molar-refractivity contribution in [2.75, 3.05) is 11.9 Å². The van der Waals surface area contributed by atoms with Gasteiger partial charge in [0.05, 0.1) is 23.0 Å². The van der Waals surface area contributed by atoms with E-state index in [2.05, 4.69) is 15.8 Å². The number of hydrogen-bond acceptors (Lipinski definition) is 6. The van der Waals surface area contributed by atoms with Gasteiger partial charge in [-0.3, -0.25) is 9.59 Å². The van der Waals surface area contributed by atoms with Gasteiger partial charge in [-0.25, -0.2) is 8.78 Å². The van der Waals surface area contributed by atoms with Crippen LogP contribution in [0.15, 0.2) is 66.0 Å². The molecule has 3 rings (SSSR count). The van der Waals surface area contributed by atoms with Gasteiger partial charge in [0.25, 0.3) is 0 Å². The second-order valence-electron chi connectivity index (χ2n) is 7.27. The number of amides is 1. The highest BCUT2D eigenvalue weighted by molar-refractivity contribution is 6.35. The fourth-order valence-corrected chi connectivity index (χ4v) is 3.34. The minimum absolute atomic E-state index is 0.0570. The lowest BCUT2D eigenvalue weighted by Gasteiger charge is -2.12. The molecule has 0 aliphatic carbocycles. The molecule has 0 radical (unpaired) electrons. The number of ketones is 1. The molecule has 34 heavy (non-hydrogen) atoms. The number of nitrogens with zero attached hydrogens (tertiary/aromatic N) is 1. The Morgan fingerprint density at radius 3 is 2.50 bits per heavy atom. The molecule has 0 aliphatic heterocycles. The second-order valence-corrected chi connectivity index (χ2v) is 7.68. The van der Waals surface area contributed by atoms with E-state index in [1.165, 1.54) is 24.4 Å². The monoisotopic (exact) mass is 484 g/mol. The Balaban J connectivity index is 1.83. The zero-order valence-electron chi connectivity index (χ0n) is 17.9. The van der Waals surface area contributed by atoms with Crippen LogP contribution in [0.25, 0.3) is 5.70 Å². The molecule has 0 heterocycles. The predicted molar refractivity (Wildman–Crippen MR) is 127 cm³/mol. The first-order valence-corrected chi connectivity index (χ1v) is 10.3. The van der Waals surface area contributed by atoms with Gasteiger partial charge in [0.1, 0.15) is 11.6 Å². The summed E-state index contributed by atoms with van der Waals surface area (Å²) < 4.78 is 27.0. The average molecular weight is 485 g/mol. The Kier molecular flexibility index (Phi) is 7.70. The summed E-state index contributed by atoms with van der Waals surface area (Å²) in [5, 5.41) is 7.78. The topological polar surface area (TPSA) is 114 Å². The van der Waals surface area contributed by atoms with Crippen LogP contribution in [0, 0.1) is 23.5 Å². The highest BCUT2D eigenvalue weighted by atomic mass is 35.5. The molecule has 3 aromatic carbocycles. The number of nitrogens with one attached hydrogen (secondary N) is 2. The van der Waals surface area contributed by atoms with E-state index >= 15 is 0 Å². The van der Waals surface area contributed by atoms with Crippen molar-refractivity contribution < 1.29 is 18.4 Å². The van der Waals surface area contributed by atoms with Gasteiger partial charge in [0, 0.05) is 34.3 Å². The molecule has 0 saturated heterocycles. The maximum absolute atomic E-state index is 13.9. The standard InChI is InChI=1S/C24H19ClF2N4O3/c1-13-2-3-14(21(28)11-29-12-23(32)31-34)8-18(13)24(33)17-6-5-16(10-19(17)25)30-22-7-4-15(26)9-20(22)27/h2-11,29-30H,12,28H2,1H3/b21-11-. The number of benzene rings is 3. The van der Waals surface area contributed by atoms with E-state index < -0.39 is 17.5 Å². The Labute approximate surface area is 198 Å². The molecular formula is C24H19ClF2N4O3. The van der Waals surface area contributed by atoms with Gasteiger partial charge in [-0.2, -0.15) is 0 Å². The maximum Gasteiger partial charge on any atom is 0.305 e. The first kappa shape index (κ1) is 24.5. The van der Waals surface area contributed by atoms with Crippen molar-refractivity contribution in [3.63, 3.8) is 0 Å². The van der Waals surface area contributed by atoms with Gasteiger partial charge >= 0.3 is 5.91 Å². The fourth-order valence-electron chi connectivity index (χ4n) is 3.08. The summed E-state index contributed by atoms with van der Waals surface area (Å²) in [4.78, 5) is 34.3. The molecule has 1 amide bonds. The first-order chi connectivity index (χ1) is 16.2.